The Hall–Kier alpha value is -2.11. The van der Waals surface area contributed by atoms with Crippen molar-refractivity contribution >= 4 is 17.7 Å². The van der Waals surface area contributed by atoms with E-state index in [2.05, 4.69) is 15.6 Å². The molecular weight excluding hydrogens is 234 g/mol. The van der Waals surface area contributed by atoms with Crippen LogP contribution in [-0.4, -0.2) is 28.1 Å². The van der Waals surface area contributed by atoms with Crippen LogP contribution in [-0.2, 0) is 4.79 Å². The van der Waals surface area contributed by atoms with Crippen molar-refractivity contribution in [2.24, 2.45) is 0 Å². The Morgan fingerprint density at radius 1 is 1.44 bits per heavy atom. The molecule has 1 heterocycles. The maximum Gasteiger partial charge on any atom is 0.326 e. The summed E-state index contributed by atoms with van der Waals surface area (Å²) < 4.78 is 0. The van der Waals surface area contributed by atoms with Gasteiger partial charge in [-0.1, -0.05) is 13.3 Å². The summed E-state index contributed by atoms with van der Waals surface area (Å²) in [4.78, 5) is 26.4. The summed E-state index contributed by atoms with van der Waals surface area (Å²) in [5.41, 5.74) is 1.45. The Balaban J connectivity index is 2.57. The number of urea groups is 1. The number of carboxylic acids is 1. The number of nitrogens with one attached hydrogen (secondary N) is 2. The number of nitrogens with zero attached hydrogens (tertiary/aromatic N) is 1. The molecule has 3 N–H and O–H groups in total. The number of hydrogen-bond donors (Lipinski definition) is 3. The SMILES string of the molecule is CCC[C@@H](NC(=O)Nc1cncc(C)c1)C(=O)O. The summed E-state index contributed by atoms with van der Waals surface area (Å²) in [5, 5.41) is 13.9. The van der Waals surface area contributed by atoms with E-state index in [9.17, 15) is 9.59 Å². The van der Waals surface area contributed by atoms with E-state index < -0.39 is 18.0 Å². The van der Waals surface area contributed by atoms with Crippen LogP contribution in [0.15, 0.2) is 18.5 Å². The normalized spacial score (nSPS) is 11.7. The molecule has 0 aliphatic rings. The zero-order valence-corrected chi connectivity index (χ0v) is 10.4. The number of aliphatic carboxylic acids is 1. The van der Waals surface area contributed by atoms with Gasteiger partial charge in [0, 0.05) is 6.20 Å². The maximum absolute atomic E-state index is 11.6. The molecule has 0 spiro atoms. The van der Waals surface area contributed by atoms with Crippen molar-refractivity contribution in [3.63, 3.8) is 0 Å². The largest absolute Gasteiger partial charge is 0.480 e. The summed E-state index contributed by atoms with van der Waals surface area (Å²) in [6.45, 7) is 3.72. The van der Waals surface area contributed by atoms with E-state index in [1.54, 1.807) is 12.3 Å². The minimum atomic E-state index is -1.03. The number of carbonyl (C=O) groups is 2. The number of carbonyl (C=O) groups excluding carboxylic acids is 1. The molecule has 0 unspecified atom stereocenters. The first-order valence-corrected chi connectivity index (χ1v) is 5.75. The van der Waals surface area contributed by atoms with E-state index in [1.807, 2.05) is 13.8 Å². The molecule has 0 aliphatic carbocycles. The number of rotatable bonds is 5. The predicted molar refractivity (Wildman–Crippen MR) is 67.5 cm³/mol. The van der Waals surface area contributed by atoms with Crippen molar-refractivity contribution in [2.45, 2.75) is 32.7 Å². The molecule has 2 amide bonds. The van der Waals surface area contributed by atoms with Crippen LogP contribution in [0, 0.1) is 6.92 Å². The van der Waals surface area contributed by atoms with Gasteiger partial charge in [0.1, 0.15) is 6.04 Å². The highest BCUT2D eigenvalue weighted by Gasteiger charge is 2.18. The molecule has 1 aromatic heterocycles. The highest BCUT2D eigenvalue weighted by atomic mass is 16.4. The van der Waals surface area contributed by atoms with E-state index in [1.165, 1.54) is 6.20 Å². The lowest BCUT2D eigenvalue weighted by Gasteiger charge is -2.14. The van der Waals surface area contributed by atoms with Crippen LogP contribution in [0.3, 0.4) is 0 Å². The summed E-state index contributed by atoms with van der Waals surface area (Å²) in [7, 11) is 0. The Morgan fingerprint density at radius 2 is 2.17 bits per heavy atom. The third-order valence-electron chi connectivity index (χ3n) is 2.31. The molecule has 0 aromatic carbocycles. The van der Waals surface area contributed by atoms with Crippen molar-refractivity contribution < 1.29 is 14.7 Å². The second-order valence-electron chi connectivity index (χ2n) is 4.03. The number of pyridine rings is 1. The van der Waals surface area contributed by atoms with Crippen LogP contribution in [0.25, 0.3) is 0 Å². The van der Waals surface area contributed by atoms with Gasteiger partial charge in [-0.05, 0) is 25.0 Å². The smallest absolute Gasteiger partial charge is 0.326 e. The zero-order chi connectivity index (χ0) is 13.5. The van der Waals surface area contributed by atoms with Gasteiger partial charge in [-0.25, -0.2) is 9.59 Å². The molecule has 0 saturated heterocycles. The van der Waals surface area contributed by atoms with Gasteiger partial charge >= 0.3 is 12.0 Å². The number of anilines is 1. The van der Waals surface area contributed by atoms with Crippen molar-refractivity contribution in [3.05, 3.63) is 24.0 Å². The maximum atomic E-state index is 11.6. The van der Waals surface area contributed by atoms with E-state index in [4.69, 9.17) is 5.11 Å². The van der Waals surface area contributed by atoms with Gasteiger partial charge in [-0.15, -0.1) is 0 Å². The minimum Gasteiger partial charge on any atom is -0.480 e. The monoisotopic (exact) mass is 251 g/mol. The number of hydrogen-bond acceptors (Lipinski definition) is 3. The summed E-state index contributed by atoms with van der Waals surface area (Å²) >= 11 is 0. The summed E-state index contributed by atoms with van der Waals surface area (Å²) in [5.74, 6) is -1.03. The lowest BCUT2D eigenvalue weighted by molar-refractivity contribution is -0.139. The van der Waals surface area contributed by atoms with Gasteiger partial charge in [0.05, 0.1) is 11.9 Å². The van der Waals surface area contributed by atoms with Crippen molar-refractivity contribution in [1.29, 1.82) is 0 Å². The summed E-state index contributed by atoms with van der Waals surface area (Å²) in [6.07, 6.45) is 4.25. The van der Waals surface area contributed by atoms with Crippen LogP contribution in [0.2, 0.25) is 0 Å². The molecule has 1 atom stereocenters. The highest BCUT2D eigenvalue weighted by molar-refractivity contribution is 5.92. The molecule has 18 heavy (non-hydrogen) atoms. The first-order chi connectivity index (χ1) is 8.52. The van der Waals surface area contributed by atoms with E-state index in [0.717, 1.165) is 5.56 Å². The molecular formula is C12H17N3O3. The third kappa shape index (κ3) is 4.40. The Bertz CT molecular complexity index is 434. The van der Waals surface area contributed by atoms with Gasteiger partial charge in [0.15, 0.2) is 0 Å². The number of amides is 2. The number of aromatic nitrogens is 1. The quantitative estimate of drug-likeness (QED) is 0.743. The van der Waals surface area contributed by atoms with Crippen LogP contribution in [0.4, 0.5) is 10.5 Å². The average molecular weight is 251 g/mol. The van der Waals surface area contributed by atoms with E-state index >= 15 is 0 Å². The molecule has 98 valence electrons. The van der Waals surface area contributed by atoms with E-state index in [-0.39, 0.29) is 0 Å². The molecule has 1 aromatic rings. The topological polar surface area (TPSA) is 91.3 Å². The van der Waals surface area contributed by atoms with Gasteiger partial charge in [-0.2, -0.15) is 0 Å². The average Bonchev–Trinajstić information content (AvgIpc) is 2.28. The van der Waals surface area contributed by atoms with Gasteiger partial charge < -0.3 is 15.7 Å². The van der Waals surface area contributed by atoms with Crippen LogP contribution < -0.4 is 10.6 Å². The second kappa shape index (κ2) is 6.58. The molecule has 0 aliphatic heterocycles. The zero-order valence-electron chi connectivity index (χ0n) is 10.4. The lowest BCUT2D eigenvalue weighted by Crippen LogP contribution is -2.42. The molecule has 0 fully saturated rings. The first kappa shape index (κ1) is 14.0. The van der Waals surface area contributed by atoms with Gasteiger partial charge in [0.2, 0.25) is 0 Å². The second-order valence-corrected chi connectivity index (χ2v) is 4.03. The third-order valence-corrected chi connectivity index (χ3v) is 2.31. The number of aryl methyl sites for hydroxylation is 1. The van der Waals surface area contributed by atoms with Gasteiger partial charge in [-0.3, -0.25) is 4.98 Å². The molecule has 0 bridgehead atoms. The fourth-order valence-electron chi connectivity index (χ4n) is 1.49. The molecule has 1 rings (SSSR count). The lowest BCUT2D eigenvalue weighted by atomic mass is 10.2. The van der Waals surface area contributed by atoms with E-state index in [0.29, 0.717) is 18.5 Å². The fourth-order valence-corrected chi connectivity index (χ4v) is 1.49. The fraction of sp³-hybridized carbons (Fsp3) is 0.417. The van der Waals surface area contributed by atoms with Crippen molar-refractivity contribution in [1.82, 2.24) is 10.3 Å². The van der Waals surface area contributed by atoms with Crippen LogP contribution in [0.5, 0.6) is 0 Å². The number of carboxylic acid groups (broad SMARTS) is 1. The first-order valence-electron chi connectivity index (χ1n) is 5.75. The highest BCUT2D eigenvalue weighted by Crippen LogP contribution is 2.07. The van der Waals surface area contributed by atoms with Crippen molar-refractivity contribution in [2.75, 3.05) is 5.32 Å². The summed E-state index contributed by atoms with van der Waals surface area (Å²) in [6, 6.07) is 0.346. The minimum absolute atomic E-state index is 0.398. The van der Waals surface area contributed by atoms with Gasteiger partial charge in [0.25, 0.3) is 0 Å². The van der Waals surface area contributed by atoms with Crippen molar-refractivity contribution in [3.8, 4) is 0 Å². The molecule has 6 heteroatoms. The van der Waals surface area contributed by atoms with Crippen LogP contribution in [0.1, 0.15) is 25.3 Å². The Kier molecular flexibility index (Phi) is 5.10. The molecule has 0 radical (unpaired) electrons. The Labute approximate surface area is 105 Å². The molecule has 6 nitrogen and oxygen atoms in total. The standard InChI is InChI=1S/C12H17N3O3/c1-3-4-10(11(16)17)15-12(18)14-9-5-8(2)6-13-7-9/h5-7,10H,3-4H2,1-2H3,(H,16,17)(H2,14,15,18)/t10-/m1/s1. The Morgan fingerprint density at radius 3 is 2.72 bits per heavy atom. The molecule has 0 saturated carbocycles. The predicted octanol–water partition coefficient (Wildman–Crippen LogP) is 1.76. The van der Waals surface area contributed by atoms with Crippen LogP contribution >= 0.6 is 0 Å².